The molecule has 2 heterocycles. The number of aromatic nitrogens is 3. The van der Waals surface area contributed by atoms with E-state index in [0.717, 1.165) is 103 Å². The van der Waals surface area contributed by atoms with E-state index in [-0.39, 0.29) is 49.0 Å². The van der Waals surface area contributed by atoms with Gasteiger partial charge in [0, 0.05) is 32.3 Å². The molecule has 2 rings (SSSR count). The molecule has 0 aromatic carbocycles. The summed E-state index contributed by atoms with van der Waals surface area (Å²) < 4.78 is 44.6. The molecule has 0 spiro atoms. The molecule has 1 aromatic heterocycles. The number of halogens is 1. The average Bonchev–Trinajstić information content (AvgIpc) is 3.40. The van der Waals surface area contributed by atoms with Crippen LogP contribution in [0.3, 0.4) is 0 Å². The molecule has 27 nitrogen and oxygen atoms in total. The van der Waals surface area contributed by atoms with Gasteiger partial charge in [-0.05, 0) is 57.6 Å². The number of quaternary nitrogens is 1. The van der Waals surface area contributed by atoms with Crippen LogP contribution < -0.4 is 37.4 Å². The number of carbonyl (C=O) groups excluding carboxylic acids is 3. The Morgan fingerprint density at radius 1 is 0.610 bits per heavy atom. The normalized spacial score (nSPS) is 13.1. The Morgan fingerprint density at radius 2 is 0.939 bits per heavy atom. The standard InChI is InChI=1S/C20H36NO8P.C17H30O3.C10H17N4O3.C3H8NO6P.C2H6O.ClH/c1-16(2)18(22)13-11-9-7-5-3-4-6-8-10-12-14-19(23)21-17(20(24)25)15-29-30(26,27)28;1-15(2)16(18)13-11-9-7-5-3-4-6-8-10-12-14-17(19)20;1-14(4-6-17-7-5-14)8-11-9(15-2)13-10(12-8)16-3;4-2(3(5)6)1-10-11(7,8)9;1-2-3;/h17H,1,3-15H2,2H3,(H,21,23)(H,24,25)(H2,26,27,28);1,3-14H2,2H3,(H,19,20);4-7H2,1-3H3;2H,1,4H2,(H,5,6)(H2,7,8,9);3H,2H2,1H3;1H/q;;+1;;;/p-1. The summed E-state index contributed by atoms with van der Waals surface area (Å²) in [5, 5.41) is 35.4. The van der Waals surface area contributed by atoms with Gasteiger partial charge in [0.2, 0.25) is 5.91 Å². The molecule has 30 heteroatoms. The number of nitrogens with two attached hydrogens (primary N) is 1. The van der Waals surface area contributed by atoms with E-state index >= 15 is 0 Å². The van der Waals surface area contributed by atoms with Crippen LogP contribution in [0.15, 0.2) is 24.3 Å². The van der Waals surface area contributed by atoms with Crippen molar-refractivity contribution in [2.24, 2.45) is 5.73 Å². The molecule has 11 N–H and O–H groups in total. The van der Waals surface area contributed by atoms with Crippen molar-refractivity contribution in [2.75, 3.05) is 67.4 Å². The minimum Gasteiger partial charge on any atom is -1.00 e. The lowest BCUT2D eigenvalue weighted by molar-refractivity contribution is -0.143. The second kappa shape index (κ2) is 51.1. The van der Waals surface area contributed by atoms with E-state index in [0.29, 0.717) is 60.5 Å². The predicted octanol–water partition coefficient (Wildman–Crippen LogP) is 3.76. The van der Waals surface area contributed by atoms with Gasteiger partial charge in [-0.1, -0.05) is 116 Å². The highest BCUT2D eigenvalue weighted by molar-refractivity contribution is 7.46. The van der Waals surface area contributed by atoms with Crippen molar-refractivity contribution in [3.05, 3.63) is 24.3 Å². The molecule has 478 valence electrons. The van der Waals surface area contributed by atoms with Gasteiger partial charge < -0.3 is 77.7 Å². The number of carbonyl (C=O) groups is 6. The zero-order valence-corrected chi connectivity index (χ0v) is 51.6. The summed E-state index contributed by atoms with van der Waals surface area (Å²) in [5.41, 5.74) is 6.16. The molecule has 1 aromatic rings. The number of aliphatic carboxylic acids is 3. The van der Waals surface area contributed by atoms with Crippen LogP contribution in [0.1, 0.15) is 175 Å². The number of hydrogen-bond acceptors (Lipinski definition) is 18. The number of nitrogens with zero attached hydrogens (tertiary/aromatic N) is 4. The summed E-state index contributed by atoms with van der Waals surface area (Å²) in [6.07, 6.45) is 23.1. The number of carboxylic acids is 3. The Hall–Kier alpha value is -4.34. The van der Waals surface area contributed by atoms with E-state index in [1.54, 1.807) is 20.8 Å². The van der Waals surface area contributed by atoms with Gasteiger partial charge in [0.25, 0.3) is 0 Å². The minimum atomic E-state index is -4.79. The Bertz CT molecular complexity index is 2040. The number of allylic oxidation sites excluding steroid dienone is 2. The van der Waals surface area contributed by atoms with Gasteiger partial charge in [0.05, 0.1) is 47.7 Å². The SMILES string of the molecule is C=C(C)C(=O)CCCCCCCCCCCCC(=O)NC(COP(=O)(O)O)C(=O)O.C=C(C)C(=O)CCCCCCCCCCCCC(=O)O.CCO.COc1nc(OC)nc([N+]2(C)CCOCC2)n1.NC(COP(=O)(O)O)C(=O)O.[Cl-]. The monoisotopic (exact) mass is 1240 g/mol. The molecule has 1 aliphatic rings. The number of ether oxygens (including phenoxy) is 3. The van der Waals surface area contributed by atoms with Gasteiger partial charge in [-0.3, -0.25) is 37.5 Å². The van der Waals surface area contributed by atoms with Crippen molar-refractivity contribution in [3.8, 4) is 12.0 Å². The molecule has 2 atom stereocenters. The van der Waals surface area contributed by atoms with Crippen molar-refractivity contribution in [3.63, 3.8) is 0 Å². The Morgan fingerprint density at radius 3 is 1.24 bits per heavy atom. The first-order valence-electron chi connectivity index (χ1n) is 27.4. The Balaban J connectivity index is -0.000000510. The molecule has 82 heavy (non-hydrogen) atoms. The number of likely N-dealkylation sites (N-methyl/N-ethyl adjacent to an activating group) is 1. The molecule has 0 radical (unpaired) electrons. The molecule has 0 saturated carbocycles. The van der Waals surface area contributed by atoms with Gasteiger partial charge in [-0.15, -0.1) is 15.0 Å². The predicted molar refractivity (Wildman–Crippen MR) is 303 cm³/mol. The zero-order chi connectivity index (χ0) is 62.3. The number of rotatable bonds is 40. The van der Waals surface area contributed by atoms with Crippen LogP contribution in [-0.2, 0) is 51.7 Å². The van der Waals surface area contributed by atoms with Crippen LogP contribution in [0.5, 0.6) is 12.0 Å². The zero-order valence-electron chi connectivity index (χ0n) is 49.0. The number of Topliss-reactive ketones (excluding diaryl/α,β-unsaturated/α-hetero) is 2. The summed E-state index contributed by atoms with van der Waals surface area (Å²) in [6, 6.07) is -2.36. The number of aliphatic hydroxyl groups excluding tert-OH is 1. The molecule has 0 aliphatic carbocycles. The largest absolute Gasteiger partial charge is 1.00 e. The number of amides is 1. The molecule has 1 saturated heterocycles. The average molecular weight is 1240 g/mol. The van der Waals surface area contributed by atoms with E-state index in [2.05, 4.69) is 49.5 Å². The van der Waals surface area contributed by atoms with Crippen molar-refractivity contribution in [1.29, 1.82) is 0 Å². The van der Waals surface area contributed by atoms with Gasteiger partial charge in [-0.25, -0.2) is 13.9 Å². The van der Waals surface area contributed by atoms with Crippen LogP contribution in [-0.4, -0.2) is 170 Å². The molecular formula is C52H97ClN6O21P2. The lowest BCUT2D eigenvalue weighted by Crippen LogP contribution is -3.00. The van der Waals surface area contributed by atoms with Gasteiger partial charge in [0.1, 0.15) is 19.1 Å². The van der Waals surface area contributed by atoms with Crippen LogP contribution in [0.2, 0.25) is 0 Å². The molecular weight excluding hydrogens is 1140 g/mol. The number of unbranched alkanes of at least 4 members (excludes halogenated alkanes) is 18. The quantitative estimate of drug-likeness (QED) is 0.0193. The fraction of sp³-hybridized carbons (Fsp3) is 0.750. The third kappa shape index (κ3) is 52.5. The minimum absolute atomic E-state index is 0. The highest BCUT2D eigenvalue weighted by Crippen LogP contribution is 2.36. The third-order valence-electron chi connectivity index (χ3n) is 11.7. The Labute approximate surface area is 490 Å². The van der Waals surface area contributed by atoms with Crippen LogP contribution in [0, 0.1) is 0 Å². The first-order chi connectivity index (χ1) is 38.0. The summed E-state index contributed by atoms with van der Waals surface area (Å²) >= 11 is 0. The molecule has 1 amide bonds. The second-order valence-corrected chi connectivity index (χ2v) is 21.7. The first kappa shape index (κ1) is 84.1. The topological polar surface area (TPSA) is 421 Å². The molecule has 0 bridgehead atoms. The number of aliphatic hydroxyl groups is 1. The van der Waals surface area contributed by atoms with Gasteiger partial charge in [-0.2, -0.15) is 0 Å². The van der Waals surface area contributed by atoms with Crippen LogP contribution in [0.4, 0.5) is 5.95 Å². The van der Waals surface area contributed by atoms with Crippen molar-refractivity contribution in [1.82, 2.24) is 24.8 Å². The van der Waals surface area contributed by atoms with Gasteiger partial charge in [0.15, 0.2) is 17.6 Å². The van der Waals surface area contributed by atoms with E-state index in [4.69, 9.17) is 59.9 Å². The number of ketones is 2. The number of hydrogen-bond donors (Lipinski definition) is 10. The van der Waals surface area contributed by atoms with E-state index < -0.39 is 64.8 Å². The molecule has 1 aliphatic heterocycles. The van der Waals surface area contributed by atoms with E-state index in [1.807, 2.05) is 0 Å². The van der Waals surface area contributed by atoms with Crippen molar-refractivity contribution >= 4 is 57.0 Å². The van der Waals surface area contributed by atoms with E-state index in [1.165, 1.54) is 46.3 Å². The van der Waals surface area contributed by atoms with Gasteiger partial charge >= 0.3 is 51.5 Å². The maximum absolute atomic E-state index is 11.8. The summed E-state index contributed by atoms with van der Waals surface area (Å²) in [6.45, 7) is 14.3. The molecule has 2 unspecified atom stereocenters. The summed E-state index contributed by atoms with van der Waals surface area (Å²) in [7, 11) is -4.27. The summed E-state index contributed by atoms with van der Waals surface area (Å²) in [5.74, 6) is -2.96. The number of nitrogens with one attached hydrogen (secondary N) is 1. The Kier molecular flexibility index (Phi) is 52.4. The van der Waals surface area contributed by atoms with Crippen LogP contribution >= 0.6 is 15.6 Å². The summed E-state index contributed by atoms with van der Waals surface area (Å²) in [4.78, 5) is 112. The highest BCUT2D eigenvalue weighted by atomic mass is 35.5. The van der Waals surface area contributed by atoms with Crippen molar-refractivity contribution < 1.29 is 114 Å². The number of phosphoric ester groups is 2. The lowest BCUT2D eigenvalue weighted by atomic mass is 10.0. The fourth-order valence-corrected chi connectivity index (χ4v) is 7.65. The fourth-order valence-electron chi connectivity index (χ4n) is 6.95. The maximum Gasteiger partial charge on any atom is 0.469 e. The third-order valence-corrected chi connectivity index (χ3v) is 12.7. The second-order valence-electron chi connectivity index (χ2n) is 19.2. The lowest BCUT2D eigenvalue weighted by Gasteiger charge is -2.34. The van der Waals surface area contributed by atoms with Crippen molar-refractivity contribution in [2.45, 2.75) is 187 Å². The molecule has 1 fully saturated rings. The maximum atomic E-state index is 11.8. The van der Waals surface area contributed by atoms with E-state index in [9.17, 15) is 37.9 Å². The van der Waals surface area contributed by atoms with Crippen LogP contribution in [0.25, 0.3) is 0 Å². The first-order valence-corrected chi connectivity index (χ1v) is 30.4. The number of methoxy groups -OCH3 is 2. The number of phosphoric acid groups is 2. The highest BCUT2D eigenvalue weighted by Gasteiger charge is 2.33. The smallest absolute Gasteiger partial charge is 0.469 e. The number of carboxylic acid groups (broad SMARTS) is 3. The number of morpholine rings is 1.